The Morgan fingerprint density at radius 1 is 1.17 bits per heavy atom. The lowest BCUT2D eigenvalue weighted by atomic mass is 10.1. The number of aromatic carboxylic acids is 1. The van der Waals surface area contributed by atoms with E-state index in [1.807, 2.05) is 0 Å². The lowest BCUT2D eigenvalue weighted by Crippen LogP contribution is -2.23. The second-order valence-corrected chi connectivity index (χ2v) is 5.05. The Kier molecular flexibility index (Phi) is 3.48. The fourth-order valence-corrected chi connectivity index (χ4v) is 2.17. The van der Waals surface area contributed by atoms with E-state index >= 15 is 0 Å². The maximum absolute atomic E-state index is 13.2. The van der Waals surface area contributed by atoms with Crippen LogP contribution in [0.5, 0.6) is 0 Å². The van der Waals surface area contributed by atoms with Crippen LogP contribution in [0.4, 0.5) is 13.2 Å². The summed E-state index contributed by atoms with van der Waals surface area (Å²) in [5.41, 5.74) is -1.59. The first kappa shape index (κ1) is 15.3. The van der Waals surface area contributed by atoms with Gasteiger partial charge in [0.1, 0.15) is 5.69 Å². The Hall–Kier alpha value is -2.61. The van der Waals surface area contributed by atoms with E-state index in [-0.39, 0.29) is 11.3 Å². The molecule has 3 aromatic rings. The summed E-state index contributed by atoms with van der Waals surface area (Å²) in [5, 5.41) is 14.6. The van der Waals surface area contributed by atoms with Gasteiger partial charge in [0, 0.05) is 16.7 Å². The van der Waals surface area contributed by atoms with E-state index in [4.69, 9.17) is 11.6 Å². The van der Waals surface area contributed by atoms with E-state index in [0.717, 1.165) is 12.1 Å². The molecule has 118 valence electrons. The first-order chi connectivity index (χ1) is 10.8. The van der Waals surface area contributed by atoms with Crippen LogP contribution in [0, 0.1) is 0 Å². The van der Waals surface area contributed by atoms with Crippen molar-refractivity contribution in [2.24, 2.45) is 0 Å². The van der Waals surface area contributed by atoms with Crippen LogP contribution in [0.2, 0.25) is 5.02 Å². The summed E-state index contributed by atoms with van der Waals surface area (Å²) >= 11 is 5.75. The molecule has 2 aromatic heterocycles. The minimum atomic E-state index is -4.74. The molecular formula is C14H6ClF3N3O2-. The molecule has 0 aliphatic rings. The number of carbonyl (C=O) groups excluding carboxylic acids is 1. The zero-order valence-electron chi connectivity index (χ0n) is 11.1. The molecule has 3 rings (SSSR count). The van der Waals surface area contributed by atoms with E-state index < -0.39 is 23.5 Å². The molecule has 2 heterocycles. The molecule has 0 radical (unpaired) electrons. The smallest absolute Gasteiger partial charge is 0.433 e. The Balaban J connectivity index is 2.28. The van der Waals surface area contributed by atoms with Crippen molar-refractivity contribution in [3.05, 3.63) is 52.8 Å². The topological polar surface area (TPSA) is 70.3 Å². The number of carboxylic acid groups (broad SMARTS) is 1. The van der Waals surface area contributed by atoms with Gasteiger partial charge in [-0.05, 0) is 18.2 Å². The molecule has 0 amide bonds. The van der Waals surface area contributed by atoms with Crippen molar-refractivity contribution >= 4 is 23.2 Å². The van der Waals surface area contributed by atoms with Crippen LogP contribution in [-0.2, 0) is 6.18 Å². The third-order valence-corrected chi connectivity index (χ3v) is 3.32. The molecule has 0 N–H and O–H groups in total. The number of fused-ring (bicyclic) bond motifs is 1. The summed E-state index contributed by atoms with van der Waals surface area (Å²) in [6, 6.07) is 7.76. The molecule has 23 heavy (non-hydrogen) atoms. The van der Waals surface area contributed by atoms with E-state index in [9.17, 15) is 23.1 Å². The summed E-state index contributed by atoms with van der Waals surface area (Å²) in [6.07, 6.45) is -4.74. The highest BCUT2D eigenvalue weighted by Gasteiger charge is 2.35. The van der Waals surface area contributed by atoms with Crippen molar-refractivity contribution in [3.8, 4) is 11.3 Å². The zero-order valence-corrected chi connectivity index (χ0v) is 11.9. The summed E-state index contributed by atoms with van der Waals surface area (Å²) in [7, 11) is 0. The molecule has 0 atom stereocenters. The van der Waals surface area contributed by atoms with Crippen molar-refractivity contribution in [1.82, 2.24) is 14.6 Å². The van der Waals surface area contributed by atoms with Crippen LogP contribution in [0.3, 0.4) is 0 Å². The van der Waals surface area contributed by atoms with Crippen LogP contribution in [0.25, 0.3) is 16.9 Å². The lowest BCUT2D eigenvalue weighted by Gasteiger charge is -2.11. The fourth-order valence-electron chi connectivity index (χ4n) is 2.04. The van der Waals surface area contributed by atoms with Crippen molar-refractivity contribution in [3.63, 3.8) is 0 Å². The summed E-state index contributed by atoms with van der Waals surface area (Å²) in [6.45, 7) is 0. The van der Waals surface area contributed by atoms with E-state index in [1.54, 1.807) is 0 Å². The lowest BCUT2D eigenvalue weighted by molar-refractivity contribution is -0.255. The summed E-state index contributed by atoms with van der Waals surface area (Å²) in [4.78, 5) is 14.8. The SMILES string of the molecule is O=C([O-])c1cc2nc(-c3ccc(Cl)cc3)cc(C(F)(F)F)n2n1. The van der Waals surface area contributed by atoms with Gasteiger partial charge >= 0.3 is 6.18 Å². The van der Waals surface area contributed by atoms with Crippen molar-refractivity contribution in [1.29, 1.82) is 0 Å². The third kappa shape index (κ3) is 2.85. The summed E-state index contributed by atoms with van der Waals surface area (Å²) in [5.74, 6) is -1.68. The van der Waals surface area contributed by atoms with Crippen molar-refractivity contribution < 1.29 is 23.1 Å². The molecular weight excluding hydrogens is 335 g/mol. The van der Waals surface area contributed by atoms with E-state index in [2.05, 4.69) is 10.1 Å². The van der Waals surface area contributed by atoms with Gasteiger partial charge in [-0.3, -0.25) is 0 Å². The number of carbonyl (C=O) groups is 1. The van der Waals surface area contributed by atoms with Gasteiger partial charge in [-0.2, -0.15) is 18.3 Å². The third-order valence-electron chi connectivity index (χ3n) is 3.07. The average Bonchev–Trinajstić information content (AvgIpc) is 2.90. The van der Waals surface area contributed by atoms with Gasteiger partial charge in [-0.25, -0.2) is 9.50 Å². The van der Waals surface area contributed by atoms with Gasteiger partial charge < -0.3 is 9.90 Å². The summed E-state index contributed by atoms with van der Waals surface area (Å²) < 4.78 is 40.1. The van der Waals surface area contributed by atoms with E-state index in [1.165, 1.54) is 24.3 Å². The number of halogens is 4. The van der Waals surface area contributed by atoms with Crippen LogP contribution in [-0.4, -0.2) is 20.6 Å². The predicted octanol–water partition coefficient (Wildman–Crippen LogP) is 2.43. The van der Waals surface area contributed by atoms with Gasteiger partial charge in [0.2, 0.25) is 0 Å². The molecule has 9 heteroatoms. The molecule has 0 fully saturated rings. The second-order valence-electron chi connectivity index (χ2n) is 4.62. The molecule has 0 aliphatic carbocycles. The Labute approximate surface area is 131 Å². The average molecular weight is 341 g/mol. The van der Waals surface area contributed by atoms with Gasteiger partial charge in [-0.15, -0.1) is 0 Å². The molecule has 0 spiro atoms. The highest BCUT2D eigenvalue weighted by molar-refractivity contribution is 6.30. The quantitative estimate of drug-likeness (QED) is 0.718. The van der Waals surface area contributed by atoms with Gasteiger partial charge in [0.15, 0.2) is 11.3 Å². The second kappa shape index (κ2) is 5.24. The largest absolute Gasteiger partial charge is 0.543 e. The molecule has 5 nitrogen and oxygen atoms in total. The molecule has 0 saturated heterocycles. The highest BCUT2D eigenvalue weighted by atomic mass is 35.5. The van der Waals surface area contributed by atoms with Crippen molar-refractivity contribution in [2.45, 2.75) is 6.18 Å². The zero-order chi connectivity index (χ0) is 16.8. The number of nitrogens with zero attached hydrogens (tertiary/aromatic N) is 3. The van der Waals surface area contributed by atoms with Crippen LogP contribution < -0.4 is 5.11 Å². The minimum Gasteiger partial charge on any atom is -0.543 e. The molecule has 0 aliphatic heterocycles. The van der Waals surface area contributed by atoms with Crippen LogP contribution >= 0.6 is 11.6 Å². The minimum absolute atomic E-state index is 0.0197. The Bertz CT molecular complexity index is 904. The van der Waals surface area contributed by atoms with Crippen LogP contribution in [0.1, 0.15) is 16.2 Å². The highest BCUT2D eigenvalue weighted by Crippen LogP contribution is 2.32. The predicted molar refractivity (Wildman–Crippen MR) is 72.8 cm³/mol. The normalized spacial score (nSPS) is 11.8. The molecule has 0 unspecified atom stereocenters. The fraction of sp³-hybridized carbons (Fsp3) is 0.0714. The maximum Gasteiger partial charge on any atom is 0.433 e. The number of carboxylic acids is 1. The number of alkyl halides is 3. The van der Waals surface area contributed by atoms with Gasteiger partial charge in [0.05, 0.1) is 11.7 Å². The molecule has 0 saturated carbocycles. The van der Waals surface area contributed by atoms with Gasteiger partial charge in [-0.1, -0.05) is 23.7 Å². The maximum atomic E-state index is 13.2. The standard InChI is InChI=1S/C14H7ClF3N3O2/c15-8-3-1-7(2-4-8)9-5-11(14(16,17)18)21-12(19-9)6-10(20-21)13(22)23/h1-6H,(H,22,23)/p-1. The first-order valence-electron chi connectivity index (χ1n) is 6.21. The monoisotopic (exact) mass is 340 g/mol. The van der Waals surface area contributed by atoms with E-state index in [0.29, 0.717) is 15.1 Å². The Morgan fingerprint density at radius 3 is 2.39 bits per heavy atom. The first-order valence-corrected chi connectivity index (χ1v) is 6.59. The number of hydrogen-bond acceptors (Lipinski definition) is 4. The number of benzene rings is 1. The molecule has 1 aromatic carbocycles. The van der Waals surface area contributed by atoms with Gasteiger partial charge in [0.25, 0.3) is 0 Å². The molecule has 0 bridgehead atoms. The Morgan fingerprint density at radius 2 is 1.83 bits per heavy atom. The van der Waals surface area contributed by atoms with Crippen molar-refractivity contribution in [2.75, 3.05) is 0 Å². The number of aromatic nitrogens is 3. The number of rotatable bonds is 2. The van der Waals surface area contributed by atoms with Crippen LogP contribution in [0.15, 0.2) is 36.4 Å². The number of hydrogen-bond donors (Lipinski definition) is 0.